The lowest BCUT2D eigenvalue weighted by Crippen LogP contribution is -2.11. The second kappa shape index (κ2) is 4.96. The van der Waals surface area contributed by atoms with Crippen LogP contribution in [-0.4, -0.2) is 31.3 Å². The SMILES string of the molecule is Cn1cnnc1CCNc1nc(N)ncc1Cl. The zero-order valence-electron chi connectivity index (χ0n) is 9.26. The zero-order valence-corrected chi connectivity index (χ0v) is 10.0. The standard InChI is InChI=1S/C9H12ClN7/c1-17-5-14-16-7(17)2-3-12-8-6(10)4-13-9(11)15-8/h4-5H,2-3H2,1H3,(H3,11,12,13,15). The molecule has 2 heterocycles. The quantitative estimate of drug-likeness (QED) is 0.824. The highest BCUT2D eigenvalue weighted by molar-refractivity contribution is 6.32. The van der Waals surface area contributed by atoms with Crippen molar-refractivity contribution in [2.24, 2.45) is 7.05 Å². The minimum atomic E-state index is 0.190. The molecule has 0 amide bonds. The third kappa shape index (κ3) is 2.82. The predicted octanol–water partition coefficient (Wildman–Crippen LogP) is 0.495. The van der Waals surface area contributed by atoms with Gasteiger partial charge in [0.2, 0.25) is 5.95 Å². The summed E-state index contributed by atoms with van der Waals surface area (Å²) in [6, 6.07) is 0. The number of halogens is 1. The number of nitrogens with zero attached hydrogens (tertiary/aromatic N) is 5. The number of nitrogens with two attached hydrogens (primary N) is 1. The molecule has 0 aliphatic carbocycles. The number of rotatable bonds is 4. The van der Waals surface area contributed by atoms with E-state index in [-0.39, 0.29) is 5.95 Å². The molecule has 0 saturated carbocycles. The fourth-order valence-corrected chi connectivity index (χ4v) is 1.49. The molecule has 0 saturated heterocycles. The molecule has 2 rings (SSSR count). The normalized spacial score (nSPS) is 10.5. The molecule has 0 fully saturated rings. The van der Waals surface area contributed by atoms with E-state index >= 15 is 0 Å². The lowest BCUT2D eigenvalue weighted by atomic mass is 10.4. The molecular formula is C9H12ClN7. The third-order valence-electron chi connectivity index (χ3n) is 2.21. The Kier molecular flexibility index (Phi) is 3.38. The molecule has 2 aromatic rings. The summed E-state index contributed by atoms with van der Waals surface area (Å²) in [7, 11) is 1.89. The Bertz CT molecular complexity index is 510. The Morgan fingerprint density at radius 2 is 2.35 bits per heavy atom. The monoisotopic (exact) mass is 253 g/mol. The maximum absolute atomic E-state index is 5.91. The minimum absolute atomic E-state index is 0.190. The summed E-state index contributed by atoms with van der Waals surface area (Å²) >= 11 is 5.91. The lowest BCUT2D eigenvalue weighted by Gasteiger charge is -2.06. The van der Waals surface area contributed by atoms with Crippen LogP contribution in [-0.2, 0) is 13.5 Å². The second-order valence-electron chi connectivity index (χ2n) is 3.46. The van der Waals surface area contributed by atoms with E-state index < -0.39 is 0 Å². The van der Waals surface area contributed by atoms with Gasteiger partial charge < -0.3 is 15.6 Å². The van der Waals surface area contributed by atoms with Crippen LogP contribution in [0.4, 0.5) is 11.8 Å². The van der Waals surface area contributed by atoms with Gasteiger partial charge in [0.1, 0.15) is 23.0 Å². The van der Waals surface area contributed by atoms with E-state index in [2.05, 4.69) is 25.5 Å². The van der Waals surface area contributed by atoms with Crippen LogP contribution in [0.2, 0.25) is 5.02 Å². The summed E-state index contributed by atoms with van der Waals surface area (Å²) in [5, 5.41) is 11.3. The second-order valence-corrected chi connectivity index (χ2v) is 3.87. The molecule has 0 unspecified atom stereocenters. The van der Waals surface area contributed by atoms with Gasteiger partial charge in [-0.05, 0) is 0 Å². The molecule has 0 aromatic carbocycles. The molecule has 0 bridgehead atoms. The smallest absolute Gasteiger partial charge is 0.222 e. The van der Waals surface area contributed by atoms with Crippen LogP contribution in [0, 0.1) is 0 Å². The van der Waals surface area contributed by atoms with Gasteiger partial charge in [-0.3, -0.25) is 0 Å². The molecule has 0 atom stereocenters. The van der Waals surface area contributed by atoms with Crippen LogP contribution in [0.3, 0.4) is 0 Å². The highest BCUT2D eigenvalue weighted by Gasteiger charge is 2.04. The van der Waals surface area contributed by atoms with Gasteiger partial charge in [-0.25, -0.2) is 4.98 Å². The molecular weight excluding hydrogens is 242 g/mol. The number of nitrogens with one attached hydrogen (secondary N) is 1. The van der Waals surface area contributed by atoms with E-state index in [1.165, 1.54) is 6.20 Å². The number of aryl methyl sites for hydroxylation is 1. The molecule has 17 heavy (non-hydrogen) atoms. The Balaban J connectivity index is 1.94. The fraction of sp³-hybridized carbons (Fsp3) is 0.333. The molecule has 90 valence electrons. The lowest BCUT2D eigenvalue weighted by molar-refractivity contribution is 0.787. The average molecular weight is 254 g/mol. The number of hydrogen-bond acceptors (Lipinski definition) is 6. The molecule has 2 aromatic heterocycles. The van der Waals surface area contributed by atoms with E-state index in [4.69, 9.17) is 17.3 Å². The van der Waals surface area contributed by atoms with Crippen molar-refractivity contribution < 1.29 is 0 Å². The van der Waals surface area contributed by atoms with Crippen molar-refractivity contribution in [1.82, 2.24) is 24.7 Å². The Morgan fingerprint density at radius 1 is 1.53 bits per heavy atom. The zero-order chi connectivity index (χ0) is 12.3. The molecule has 0 aliphatic heterocycles. The summed E-state index contributed by atoms with van der Waals surface area (Å²) < 4.78 is 1.86. The van der Waals surface area contributed by atoms with Crippen LogP contribution in [0.25, 0.3) is 0 Å². The fourth-order valence-electron chi connectivity index (χ4n) is 1.33. The van der Waals surface area contributed by atoms with Crippen molar-refractivity contribution in [3.63, 3.8) is 0 Å². The van der Waals surface area contributed by atoms with Gasteiger partial charge in [0.15, 0.2) is 0 Å². The van der Waals surface area contributed by atoms with Crippen LogP contribution >= 0.6 is 11.6 Å². The molecule has 3 N–H and O–H groups in total. The third-order valence-corrected chi connectivity index (χ3v) is 2.49. The van der Waals surface area contributed by atoms with Gasteiger partial charge in [-0.15, -0.1) is 10.2 Å². The first-order chi connectivity index (χ1) is 8.16. The summed E-state index contributed by atoms with van der Waals surface area (Å²) in [5.74, 6) is 1.60. The summed E-state index contributed by atoms with van der Waals surface area (Å²) in [6.07, 6.45) is 3.84. The van der Waals surface area contributed by atoms with Crippen LogP contribution in [0.1, 0.15) is 5.82 Å². The Labute approximate surface area is 103 Å². The van der Waals surface area contributed by atoms with Gasteiger partial charge in [0.25, 0.3) is 0 Å². The molecule has 0 radical (unpaired) electrons. The summed E-state index contributed by atoms with van der Waals surface area (Å²) in [4.78, 5) is 7.77. The average Bonchev–Trinajstić information content (AvgIpc) is 2.70. The maximum Gasteiger partial charge on any atom is 0.222 e. The van der Waals surface area contributed by atoms with Crippen molar-refractivity contribution in [2.75, 3.05) is 17.6 Å². The molecule has 0 spiro atoms. The Hall–Kier alpha value is -1.89. The predicted molar refractivity (Wildman–Crippen MR) is 64.7 cm³/mol. The van der Waals surface area contributed by atoms with Crippen molar-refractivity contribution in [3.05, 3.63) is 23.4 Å². The first-order valence-electron chi connectivity index (χ1n) is 5.01. The van der Waals surface area contributed by atoms with E-state index in [0.29, 0.717) is 17.4 Å². The Morgan fingerprint density at radius 3 is 3.06 bits per heavy atom. The van der Waals surface area contributed by atoms with E-state index in [9.17, 15) is 0 Å². The summed E-state index contributed by atoms with van der Waals surface area (Å²) in [5.41, 5.74) is 5.47. The van der Waals surface area contributed by atoms with Crippen molar-refractivity contribution in [3.8, 4) is 0 Å². The van der Waals surface area contributed by atoms with Crippen LogP contribution in [0.5, 0.6) is 0 Å². The van der Waals surface area contributed by atoms with E-state index in [1.54, 1.807) is 6.33 Å². The highest BCUT2D eigenvalue weighted by Crippen LogP contribution is 2.17. The van der Waals surface area contributed by atoms with Gasteiger partial charge in [0.05, 0.1) is 6.20 Å². The van der Waals surface area contributed by atoms with Gasteiger partial charge in [0, 0.05) is 20.0 Å². The topological polar surface area (TPSA) is 94.5 Å². The van der Waals surface area contributed by atoms with E-state index in [1.807, 2.05) is 11.6 Å². The van der Waals surface area contributed by atoms with Gasteiger partial charge >= 0.3 is 0 Å². The molecule has 7 nitrogen and oxygen atoms in total. The van der Waals surface area contributed by atoms with Gasteiger partial charge in [-0.2, -0.15) is 4.98 Å². The minimum Gasteiger partial charge on any atom is -0.368 e. The number of anilines is 2. The van der Waals surface area contributed by atoms with Crippen LogP contribution < -0.4 is 11.1 Å². The molecule has 0 aliphatic rings. The van der Waals surface area contributed by atoms with Crippen LogP contribution in [0.15, 0.2) is 12.5 Å². The first kappa shape index (κ1) is 11.6. The van der Waals surface area contributed by atoms with Crippen molar-refractivity contribution in [2.45, 2.75) is 6.42 Å². The van der Waals surface area contributed by atoms with Crippen molar-refractivity contribution in [1.29, 1.82) is 0 Å². The largest absolute Gasteiger partial charge is 0.368 e. The highest BCUT2D eigenvalue weighted by atomic mass is 35.5. The van der Waals surface area contributed by atoms with Gasteiger partial charge in [-0.1, -0.05) is 11.6 Å². The van der Waals surface area contributed by atoms with E-state index in [0.717, 1.165) is 12.2 Å². The number of nitrogen functional groups attached to an aromatic ring is 1. The maximum atomic E-state index is 5.91. The number of hydrogen-bond donors (Lipinski definition) is 2. The number of aromatic nitrogens is 5. The summed E-state index contributed by atoms with van der Waals surface area (Å²) in [6.45, 7) is 0.642. The first-order valence-corrected chi connectivity index (χ1v) is 5.39. The molecule has 8 heteroatoms. The van der Waals surface area contributed by atoms with Crippen molar-refractivity contribution >= 4 is 23.4 Å².